The molecule has 3 aromatic rings. The van der Waals surface area contributed by atoms with Crippen LogP contribution in [0.2, 0.25) is 0 Å². The van der Waals surface area contributed by atoms with Gasteiger partial charge in [0, 0.05) is 5.39 Å². The molecule has 4 rings (SSSR count). The molecule has 0 fully saturated rings. The highest BCUT2D eigenvalue weighted by molar-refractivity contribution is 7.99. The summed E-state index contributed by atoms with van der Waals surface area (Å²) in [7, 11) is 0. The minimum absolute atomic E-state index is 0.0750. The van der Waals surface area contributed by atoms with E-state index in [1.807, 2.05) is 0 Å². The lowest BCUT2D eigenvalue weighted by atomic mass is 9.88. The van der Waals surface area contributed by atoms with Gasteiger partial charge < -0.3 is 5.32 Å². The van der Waals surface area contributed by atoms with Crippen molar-refractivity contribution < 1.29 is 4.79 Å². The normalized spacial score (nSPS) is 16.1. The van der Waals surface area contributed by atoms with E-state index >= 15 is 0 Å². The quantitative estimate of drug-likeness (QED) is 0.641. The van der Waals surface area contributed by atoms with Crippen molar-refractivity contribution in [2.45, 2.75) is 44.2 Å². The molecule has 1 heterocycles. The number of aryl methyl sites for hydroxylation is 3. The Morgan fingerprint density at radius 2 is 2.00 bits per heavy atom. The summed E-state index contributed by atoms with van der Waals surface area (Å²) < 4.78 is 0. The Labute approximate surface area is 164 Å². The lowest BCUT2D eigenvalue weighted by Gasteiger charge is -2.26. The smallest absolute Gasteiger partial charge is 0.230 e. The molecule has 0 saturated carbocycles. The summed E-state index contributed by atoms with van der Waals surface area (Å²) in [5.74, 6) is 0.466. The summed E-state index contributed by atoms with van der Waals surface area (Å²) in [5.41, 5.74) is 6.04. The van der Waals surface area contributed by atoms with Crippen molar-refractivity contribution in [3.05, 3.63) is 70.8 Å². The third-order valence-corrected chi connectivity index (χ3v) is 6.19. The topological polar surface area (TPSA) is 42.0 Å². The molecular weight excluding hydrogens is 352 g/mol. The summed E-state index contributed by atoms with van der Waals surface area (Å²) in [6, 6.07) is 16.9. The van der Waals surface area contributed by atoms with Crippen molar-refractivity contribution in [3.8, 4) is 0 Å². The van der Waals surface area contributed by atoms with Crippen LogP contribution in [0.15, 0.2) is 53.6 Å². The van der Waals surface area contributed by atoms with Gasteiger partial charge in [-0.15, -0.1) is 0 Å². The zero-order valence-corrected chi connectivity index (χ0v) is 16.6. The summed E-state index contributed by atoms with van der Waals surface area (Å²) in [5, 5.41) is 5.31. The molecule has 0 aliphatic heterocycles. The molecule has 0 saturated heterocycles. The number of fused-ring (bicyclic) bond motifs is 2. The second-order valence-electron chi connectivity index (χ2n) is 7.25. The SMILES string of the molecule is Cc1cc(SCC(=O)N[C@H]2CCCc3ccccc32)nc2c(C)cccc12. The molecule has 138 valence electrons. The van der Waals surface area contributed by atoms with E-state index in [0.717, 1.165) is 29.8 Å². The zero-order valence-electron chi connectivity index (χ0n) is 15.8. The first kappa shape index (κ1) is 18.1. The lowest BCUT2D eigenvalue weighted by Crippen LogP contribution is -2.32. The number of carbonyl (C=O) groups excluding carboxylic acids is 1. The van der Waals surface area contributed by atoms with Crippen LogP contribution in [-0.4, -0.2) is 16.6 Å². The summed E-state index contributed by atoms with van der Waals surface area (Å²) in [6.45, 7) is 4.18. The number of nitrogens with zero attached hydrogens (tertiary/aromatic N) is 1. The van der Waals surface area contributed by atoms with E-state index in [-0.39, 0.29) is 11.9 Å². The standard InChI is InChI=1S/C23H24N2OS/c1-15-7-5-11-18-16(2)13-22(25-23(15)18)27-14-21(26)24-20-12-6-9-17-8-3-4-10-19(17)20/h3-5,7-8,10-11,13,20H,6,9,12,14H2,1-2H3,(H,24,26)/t20-/m0/s1. The number of hydrogen-bond donors (Lipinski definition) is 1. The molecule has 1 aromatic heterocycles. The van der Waals surface area contributed by atoms with Gasteiger partial charge in [-0.3, -0.25) is 4.79 Å². The minimum atomic E-state index is 0.0750. The number of amides is 1. The van der Waals surface area contributed by atoms with Crippen molar-refractivity contribution in [2.75, 3.05) is 5.75 Å². The van der Waals surface area contributed by atoms with Gasteiger partial charge in [0.1, 0.15) is 0 Å². The van der Waals surface area contributed by atoms with Crippen molar-refractivity contribution in [3.63, 3.8) is 0 Å². The van der Waals surface area contributed by atoms with Gasteiger partial charge in [-0.2, -0.15) is 0 Å². The molecular formula is C23H24N2OS. The van der Waals surface area contributed by atoms with Crippen molar-refractivity contribution in [1.29, 1.82) is 0 Å². The number of aromatic nitrogens is 1. The molecule has 3 nitrogen and oxygen atoms in total. The van der Waals surface area contributed by atoms with Crippen molar-refractivity contribution in [2.24, 2.45) is 0 Å². The van der Waals surface area contributed by atoms with Gasteiger partial charge in [0.05, 0.1) is 22.3 Å². The number of rotatable bonds is 4. The Morgan fingerprint density at radius 1 is 1.15 bits per heavy atom. The highest BCUT2D eigenvalue weighted by Gasteiger charge is 2.21. The van der Waals surface area contributed by atoms with Gasteiger partial charge in [-0.1, -0.05) is 54.2 Å². The Balaban J connectivity index is 1.44. The first-order chi connectivity index (χ1) is 13.1. The van der Waals surface area contributed by atoms with E-state index in [0.29, 0.717) is 5.75 Å². The van der Waals surface area contributed by atoms with Gasteiger partial charge in [-0.25, -0.2) is 4.98 Å². The third-order valence-electron chi connectivity index (χ3n) is 5.28. The van der Waals surface area contributed by atoms with Gasteiger partial charge in [0.25, 0.3) is 0 Å². The number of carbonyl (C=O) groups is 1. The van der Waals surface area contributed by atoms with Crippen LogP contribution >= 0.6 is 11.8 Å². The van der Waals surface area contributed by atoms with Crippen LogP contribution in [0.4, 0.5) is 0 Å². The summed E-state index contributed by atoms with van der Waals surface area (Å²) >= 11 is 1.51. The highest BCUT2D eigenvalue weighted by atomic mass is 32.2. The maximum atomic E-state index is 12.6. The molecule has 1 atom stereocenters. The molecule has 1 aliphatic rings. The maximum Gasteiger partial charge on any atom is 0.230 e. The number of pyridine rings is 1. The maximum absolute atomic E-state index is 12.6. The molecule has 2 aromatic carbocycles. The number of thioether (sulfide) groups is 1. The molecule has 27 heavy (non-hydrogen) atoms. The molecule has 1 amide bonds. The van der Waals surface area contributed by atoms with Gasteiger partial charge >= 0.3 is 0 Å². The van der Waals surface area contributed by atoms with Crippen LogP contribution in [0.3, 0.4) is 0 Å². The average Bonchev–Trinajstić information content (AvgIpc) is 2.68. The Morgan fingerprint density at radius 3 is 2.89 bits per heavy atom. The lowest BCUT2D eigenvalue weighted by molar-refractivity contribution is -0.119. The molecule has 0 spiro atoms. The monoisotopic (exact) mass is 376 g/mol. The van der Waals surface area contributed by atoms with Crippen LogP contribution in [0.25, 0.3) is 10.9 Å². The summed E-state index contributed by atoms with van der Waals surface area (Å²) in [4.78, 5) is 17.3. The van der Waals surface area contributed by atoms with E-state index in [4.69, 9.17) is 4.98 Å². The van der Waals surface area contributed by atoms with Gasteiger partial charge in [0.2, 0.25) is 5.91 Å². The fourth-order valence-electron chi connectivity index (χ4n) is 3.88. The molecule has 1 N–H and O–H groups in total. The molecule has 0 unspecified atom stereocenters. The van der Waals surface area contributed by atoms with Crippen LogP contribution in [0, 0.1) is 13.8 Å². The number of para-hydroxylation sites is 1. The van der Waals surface area contributed by atoms with Gasteiger partial charge in [0.15, 0.2) is 0 Å². The Kier molecular flexibility index (Phi) is 5.17. The van der Waals surface area contributed by atoms with E-state index in [2.05, 4.69) is 67.7 Å². The van der Waals surface area contributed by atoms with E-state index in [1.165, 1.54) is 39.4 Å². The van der Waals surface area contributed by atoms with Crippen LogP contribution in [-0.2, 0) is 11.2 Å². The van der Waals surface area contributed by atoms with Crippen molar-refractivity contribution in [1.82, 2.24) is 10.3 Å². The van der Waals surface area contributed by atoms with Crippen molar-refractivity contribution >= 4 is 28.6 Å². The highest BCUT2D eigenvalue weighted by Crippen LogP contribution is 2.30. The number of hydrogen-bond acceptors (Lipinski definition) is 3. The predicted molar refractivity (Wildman–Crippen MR) is 112 cm³/mol. The Hall–Kier alpha value is -2.33. The first-order valence-corrected chi connectivity index (χ1v) is 10.5. The molecule has 0 bridgehead atoms. The van der Waals surface area contributed by atoms with Crippen LogP contribution < -0.4 is 5.32 Å². The van der Waals surface area contributed by atoms with Gasteiger partial charge in [-0.05, 0) is 61.4 Å². The average molecular weight is 377 g/mol. The minimum Gasteiger partial charge on any atom is -0.349 e. The zero-order chi connectivity index (χ0) is 18.8. The van der Waals surface area contributed by atoms with Crippen LogP contribution in [0.1, 0.15) is 41.1 Å². The van der Waals surface area contributed by atoms with Crippen LogP contribution in [0.5, 0.6) is 0 Å². The summed E-state index contributed by atoms with van der Waals surface area (Å²) in [6.07, 6.45) is 3.25. The second-order valence-corrected chi connectivity index (χ2v) is 8.24. The van der Waals surface area contributed by atoms with E-state index in [9.17, 15) is 4.79 Å². The fourth-order valence-corrected chi connectivity index (χ4v) is 4.66. The molecule has 1 aliphatic carbocycles. The number of nitrogens with one attached hydrogen (secondary N) is 1. The second kappa shape index (κ2) is 7.73. The number of benzene rings is 2. The largest absolute Gasteiger partial charge is 0.349 e. The predicted octanol–water partition coefficient (Wildman–Crippen LogP) is 5.14. The van der Waals surface area contributed by atoms with E-state index < -0.39 is 0 Å². The molecule has 4 heteroatoms. The van der Waals surface area contributed by atoms with E-state index in [1.54, 1.807) is 0 Å². The Bertz CT molecular complexity index is 999. The first-order valence-electron chi connectivity index (χ1n) is 9.49. The molecule has 0 radical (unpaired) electrons. The third kappa shape index (κ3) is 3.86. The fraction of sp³-hybridized carbons (Fsp3) is 0.304.